The number of amides is 1. The first-order valence-corrected chi connectivity index (χ1v) is 7.33. The highest BCUT2D eigenvalue weighted by atomic mass is 16.1. The lowest BCUT2D eigenvalue weighted by Crippen LogP contribution is -2.37. The van der Waals surface area contributed by atoms with Crippen LogP contribution in [0.15, 0.2) is 12.3 Å². The second-order valence-electron chi connectivity index (χ2n) is 5.25. The predicted molar refractivity (Wildman–Crippen MR) is 74.8 cm³/mol. The molecule has 0 spiro atoms. The van der Waals surface area contributed by atoms with Crippen molar-refractivity contribution in [1.82, 2.24) is 20.8 Å². The summed E-state index contributed by atoms with van der Waals surface area (Å²) in [6.07, 6.45) is 10.0. The van der Waals surface area contributed by atoms with E-state index in [0.29, 0.717) is 19.0 Å². The standard InChI is InChI=1S/C14H24N4O/c19-14(11-13-7-8-17-18-13)16-10-9-15-12-5-3-1-2-4-6-12/h7-8,12,15H,1-6,9-11H2,(H,16,19)(H,17,18). The van der Waals surface area contributed by atoms with Crippen LogP contribution in [0.2, 0.25) is 0 Å². The van der Waals surface area contributed by atoms with Crippen molar-refractivity contribution < 1.29 is 4.79 Å². The van der Waals surface area contributed by atoms with Crippen LogP contribution in [0.5, 0.6) is 0 Å². The Kier molecular flexibility index (Phi) is 5.88. The summed E-state index contributed by atoms with van der Waals surface area (Å²) in [5.41, 5.74) is 0.856. The van der Waals surface area contributed by atoms with E-state index in [0.717, 1.165) is 12.2 Å². The van der Waals surface area contributed by atoms with Crippen LogP contribution in [0.4, 0.5) is 0 Å². The molecule has 1 aliphatic carbocycles. The minimum absolute atomic E-state index is 0.0481. The average Bonchev–Trinajstić information content (AvgIpc) is 2.76. The lowest BCUT2D eigenvalue weighted by Gasteiger charge is -2.16. The van der Waals surface area contributed by atoms with Gasteiger partial charge in [-0.05, 0) is 18.9 Å². The van der Waals surface area contributed by atoms with Crippen molar-refractivity contribution in [3.63, 3.8) is 0 Å². The molecule has 0 aromatic carbocycles. The average molecular weight is 264 g/mol. The van der Waals surface area contributed by atoms with Crippen molar-refractivity contribution >= 4 is 5.91 Å². The van der Waals surface area contributed by atoms with E-state index in [4.69, 9.17) is 0 Å². The van der Waals surface area contributed by atoms with Crippen LogP contribution in [-0.4, -0.2) is 35.2 Å². The zero-order chi connectivity index (χ0) is 13.3. The first-order chi connectivity index (χ1) is 9.34. The Morgan fingerprint density at radius 2 is 2.05 bits per heavy atom. The maximum atomic E-state index is 11.6. The number of nitrogens with one attached hydrogen (secondary N) is 3. The minimum Gasteiger partial charge on any atom is -0.354 e. The molecule has 106 valence electrons. The topological polar surface area (TPSA) is 69.8 Å². The van der Waals surface area contributed by atoms with Gasteiger partial charge in [0.05, 0.1) is 6.42 Å². The lowest BCUT2D eigenvalue weighted by molar-refractivity contribution is -0.120. The van der Waals surface area contributed by atoms with E-state index >= 15 is 0 Å². The van der Waals surface area contributed by atoms with Crippen molar-refractivity contribution in [2.75, 3.05) is 13.1 Å². The number of H-pyrrole nitrogens is 1. The van der Waals surface area contributed by atoms with E-state index in [1.54, 1.807) is 6.20 Å². The van der Waals surface area contributed by atoms with Crippen LogP contribution >= 0.6 is 0 Å². The molecule has 1 aromatic heterocycles. The van der Waals surface area contributed by atoms with E-state index in [2.05, 4.69) is 20.8 Å². The Hall–Kier alpha value is -1.36. The second kappa shape index (κ2) is 7.94. The van der Waals surface area contributed by atoms with Gasteiger partial charge in [0.15, 0.2) is 0 Å². The molecule has 0 radical (unpaired) electrons. The van der Waals surface area contributed by atoms with Crippen molar-refractivity contribution in [1.29, 1.82) is 0 Å². The maximum absolute atomic E-state index is 11.6. The Balaban J connectivity index is 1.54. The number of aromatic nitrogens is 2. The molecule has 19 heavy (non-hydrogen) atoms. The van der Waals surface area contributed by atoms with Crippen LogP contribution in [0.1, 0.15) is 44.2 Å². The van der Waals surface area contributed by atoms with Gasteiger partial charge in [-0.2, -0.15) is 5.10 Å². The Morgan fingerprint density at radius 3 is 2.74 bits per heavy atom. The number of aromatic amines is 1. The zero-order valence-corrected chi connectivity index (χ0v) is 11.5. The van der Waals surface area contributed by atoms with Crippen LogP contribution in [0.25, 0.3) is 0 Å². The van der Waals surface area contributed by atoms with Crippen molar-refractivity contribution in [3.05, 3.63) is 18.0 Å². The fraction of sp³-hybridized carbons (Fsp3) is 0.714. The molecule has 1 amide bonds. The fourth-order valence-corrected chi connectivity index (χ4v) is 2.58. The van der Waals surface area contributed by atoms with Crippen molar-refractivity contribution in [2.24, 2.45) is 0 Å². The van der Waals surface area contributed by atoms with Gasteiger partial charge < -0.3 is 10.6 Å². The summed E-state index contributed by atoms with van der Waals surface area (Å²) in [5, 5.41) is 13.1. The summed E-state index contributed by atoms with van der Waals surface area (Å²) in [4.78, 5) is 11.6. The first-order valence-electron chi connectivity index (χ1n) is 7.33. The number of nitrogens with zero attached hydrogens (tertiary/aromatic N) is 1. The molecule has 1 heterocycles. The van der Waals surface area contributed by atoms with Crippen LogP contribution in [0, 0.1) is 0 Å². The number of carbonyl (C=O) groups is 1. The predicted octanol–water partition coefficient (Wildman–Crippen LogP) is 1.38. The monoisotopic (exact) mass is 264 g/mol. The molecule has 5 nitrogen and oxygen atoms in total. The summed E-state index contributed by atoms with van der Waals surface area (Å²) >= 11 is 0. The molecule has 0 bridgehead atoms. The highest BCUT2D eigenvalue weighted by Crippen LogP contribution is 2.16. The molecule has 2 rings (SSSR count). The Morgan fingerprint density at radius 1 is 1.26 bits per heavy atom. The molecule has 0 saturated heterocycles. The normalized spacial score (nSPS) is 17.1. The van der Waals surface area contributed by atoms with Gasteiger partial charge in [-0.25, -0.2) is 0 Å². The third-order valence-electron chi connectivity index (χ3n) is 3.64. The molecule has 1 aromatic rings. The maximum Gasteiger partial charge on any atom is 0.226 e. The van der Waals surface area contributed by atoms with Gasteiger partial charge in [0.1, 0.15) is 0 Å². The molecule has 5 heteroatoms. The number of hydrogen-bond acceptors (Lipinski definition) is 3. The third-order valence-corrected chi connectivity index (χ3v) is 3.64. The van der Waals surface area contributed by atoms with Gasteiger partial charge in [-0.1, -0.05) is 25.7 Å². The zero-order valence-electron chi connectivity index (χ0n) is 11.5. The van der Waals surface area contributed by atoms with Crippen LogP contribution < -0.4 is 10.6 Å². The quantitative estimate of drug-likeness (QED) is 0.537. The fourth-order valence-electron chi connectivity index (χ4n) is 2.58. The lowest BCUT2D eigenvalue weighted by atomic mass is 10.1. The Bertz CT molecular complexity index is 356. The molecular formula is C14H24N4O. The molecule has 1 aliphatic rings. The molecule has 0 atom stereocenters. The van der Waals surface area contributed by atoms with E-state index in [1.165, 1.54) is 38.5 Å². The van der Waals surface area contributed by atoms with Gasteiger partial charge in [-0.3, -0.25) is 9.89 Å². The largest absolute Gasteiger partial charge is 0.354 e. The molecule has 3 N–H and O–H groups in total. The van der Waals surface area contributed by atoms with Gasteiger partial charge in [0, 0.05) is 31.0 Å². The van der Waals surface area contributed by atoms with Gasteiger partial charge >= 0.3 is 0 Å². The smallest absolute Gasteiger partial charge is 0.226 e. The Labute approximate surface area is 114 Å². The van der Waals surface area contributed by atoms with E-state index in [-0.39, 0.29) is 5.91 Å². The third kappa shape index (κ3) is 5.42. The molecule has 0 aliphatic heterocycles. The first kappa shape index (κ1) is 14.1. The number of hydrogen-bond donors (Lipinski definition) is 3. The van der Waals surface area contributed by atoms with Crippen LogP contribution in [0.3, 0.4) is 0 Å². The second-order valence-corrected chi connectivity index (χ2v) is 5.25. The summed E-state index contributed by atoms with van der Waals surface area (Å²) < 4.78 is 0. The minimum atomic E-state index is 0.0481. The van der Waals surface area contributed by atoms with Crippen molar-refractivity contribution in [2.45, 2.75) is 51.0 Å². The summed E-state index contributed by atoms with van der Waals surface area (Å²) in [7, 11) is 0. The highest BCUT2D eigenvalue weighted by molar-refractivity contribution is 5.77. The summed E-state index contributed by atoms with van der Waals surface area (Å²) in [6.45, 7) is 1.56. The van der Waals surface area contributed by atoms with Crippen molar-refractivity contribution in [3.8, 4) is 0 Å². The molecule has 1 saturated carbocycles. The van der Waals surface area contributed by atoms with E-state index < -0.39 is 0 Å². The van der Waals surface area contributed by atoms with Gasteiger partial charge in [0.2, 0.25) is 5.91 Å². The molecular weight excluding hydrogens is 240 g/mol. The van der Waals surface area contributed by atoms with Gasteiger partial charge in [-0.15, -0.1) is 0 Å². The van der Waals surface area contributed by atoms with E-state index in [9.17, 15) is 4.79 Å². The summed E-state index contributed by atoms with van der Waals surface area (Å²) in [6, 6.07) is 2.47. The number of carbonyl (C=O) groups excluding carboxylic acids is 1. The van der Waals surface area contributed by atoms with E-state index in [1.807, 2.05) is 6.07 Å². The van der Waals surface area contributed by atoms with Crippen LogP contribution in [-0.2, 0) is 11.2 Å². The van der Waals surface area contributed by atoms with Gasteiger partial charge in [0.25, 0.3) is 0 Å². The molecule has 1 fully saturated rings. The summed E-state index contributed by atoms with van der Waals surface area (Å²) in [5.74, 6) is 0.0481. The SMILES string of the molecule is O=C(Cc1ccn[nH]1)NCCNC1CCCCCC1. The molecule has 0 unspecified atom stereocenters. The number of rotatable bonds is 6. The highest BCUT2D eigenvalue weighted by Gasteiger charge is 2.11.